The van der Waals surface area contributed by atoms with E-state index >= 15 is 0 Å². The number of halogens is 2. The van der Waals surface area contributed by atoms with Gasteiger partial charge in [0.05, 0.1) is 10.7 Å². The molecule has 45 heavy (non-hydrogen) atoms. The highest BCUT2D eigenvalue weighted by molar-refractivity contribution is 8.00. The van der Waals surface area contributed by atoms with Crippen LogP contribution in [-0.4, -0.2) is 22.7 Å². The van der Waals surface area contributed by atoms with Crippen molar-refractivity contribution in [1.82, 2.24) is 10.3 Å². The molecule has 1 atom stereocenters. The van der Waals surface area contributed by atoms with Crippen LogP contribution in [0.15, 0.2) is 138 Å². The first-order chi connectivity index (χ1) is 21.9. The summed E-state index contributed by atoms with van der Waals surface area (Å²) in [4.78, 5) is 44.6. The van der Waals surface area contributed by atoms with Crippen molar-refractivity contribution >= 4 is 70.1 Å². The maximum atomic E-state index is 13.5. The summed E-state index contributed by atoms with van der Waals surface area (Å²) in [6.45, 7) is 0. The summed E-state index contributed by atoms with van der Waals surface area (Å²) in [6.07, 6.45) is 4.77. The third-order valence-corrected chi connectivity index (χ3v) is 8.25. The lowest BCUT2D eigenvalue weighted by molar-refractivity contribution is -0.116. The van der Waals surface area contributed by atoms with Gasteiger partial charge in [-0.15, -0.1) is 11.8 Å². The van der Waals surface area contributed by atoms with Crippen LogP contribution in [0.5, 0.6) is 0 Å². The normalized spacial score (nSPS) is 11.7. The summed E-state index contributed by atoms with van der Waals surface area (Å²) in [6, 6.07) is 33.5. The molecule has 224 valence electrons. The van der Waals surface area contributed by atoms with Crippen LogP contribution in [0.25, 0.3) is 6.08 Å². The van der Waals surface area contributed by atoms with Gasteiger partial charge in [0.1, 0.15) is 10.9 Å². The highest BCUT2D eigenvalue weighted by Gasteiger charge is 2.23. The van der Waals surface area contributed by atoms with Crippen molar-refractivity contribution in [3.8, 4) is 0 Å². The minimum absolute atomic E-state index is 0.0517. The molecule has 0 fully saturated rings. The van der Waals surface area contributed by atoms with Gasteiger partial charge in [-0.05, 0) is 77.9 Å². The molecule has 0 aliphatic rings. The zero-order valence-electron chi connectivity index (χ0n) is 23.6. The van der Waals surface area contributed by atoms with Gasteiger partial charge in [0.15, 0.2) is 0 Å². The van der Waals surface area contributed by atoms with Crippen molar-refractivity contribution in [3.05, 3.63) is 160 Å². The van der Waals surface area contributed by atoms with E-state index in [1.807, 2.05) is 42.5 Å². The maximum Gasteiger partial charge on any atom is 0.272 e. The van der Waals surface area contributed by atoms with Gasteiger partial charge in [-0.3, -0.25) is 19.4 Å². The summed E-state index contributed by atoms with van der Waals surface area (Å²) >= 11 is 13.8. The van der Waals surface area contributed by atoms with E-state index in [1.165, 1.54) is 11.8 Å². The number of pyridine rings is 1. The molecule has 1 unspecified atom stereocenters. The molecular weight excluding hydrogens is 627 g/mol. The Morgan fingerprint density at radius 3 is 2.18 bits per heavy atom. The summed E-state index contributed by atoms with van der Waals surface area (Å²) in [5, 5.41) is 8.66. The van der Waals surface area contributed by atoms with E-state index in [0.29, 0.717) is 32.5 Å². The number of thioether (sulfide) groups is 1. The number of amides is 3. The van der Waals surface area contributed by atoms with E-state index in [0.717, 1.165) is 10.5 Å². The Labute approximate surface area is 274 Å². The van der Waals surface area contributed by atoms with Crippen molar-refractivity contribution < 1.29 is 14.4 Å². The molecule has 0 spiro atoms. The van der Waals surface area contributed by atoms with Gasteiger partial charge in [0, 0.05) is 33.6 Å². The summed E-state index contributed by atoms with van der Waals surface area (Å²) in [5.41, 5.74) is 2.83. The molecule has 5 rings (SSSR count). The molecule has 3 N–H and O–H groups in total. The van der Waals surface area contributed by atoms with Crippen molar-refractivity contribution in [2.24, 2.45) is 0 Å². The Balaban J connectivity index is 1.32. The molecule has 10 heteroatoms. The monoisotopic (exact) mass is 652 g/mol. The van der Waals surface area contributed by atoms with Crippen molar-refractivity contribution in [1.29, 1.82) is 0 Å². The van der Waals surface area contributed by atoms with Crippen molar-refractivity contribution in [2.45, 2.75) is 10.1 Å². The van der Waals surface area contributed by atoms with Crippen LogP contribution in [0.2, 0.25) is 10.0 Å². The minimum Gasteiger partial charge on any atom is -0.323 e. The maximum absolute atomic E-state index is 13.5. The number of benzene rings is 4. The van der Waals surface area contributed by atoms with Gasteiger partial charge >= 0.3 is 0 Å². The Morgan fingerprint density at radius 2 is 1.49 bits per heavy atom. The standard InChI is InChI=1S/C35H26Cl2N4O3S/c36-26-13-18-29(37)30(21-26)40-35(44)32(24-9-3-1-4-10-24)45-28-16-14-27(15-17-28)39-34(43)31(20-23-8-7-19-38-22-23)41-33(42)25-11-5-2-6-12-25/h1-22,32H,(H,39,43)(H,40,44)(H,41,42)/b31-20-. The van der Waals surface area contributed by atoms with E-state index in [-0.39, 0.29) is 11.6 Å². The second kappa shape index (κ2) is 15.2. The molecule has 1 heterocycles. The summed E-state index contributed by atoms with van der Waals surface area (Å²) < 4.78 is 0. The van der Waals surface area contributed by atoms with Crippen LogP contribution in [0.1, 0.15) is 26.7 Å². The van der Waals surface area contributed by atoms with Gasteiger partial charge < -0.3 is 16.0 Å². The molecule has 5 aromatic rings. The Morgan fingerprint density at radius 1 is 0.778 bits per heavy atom. The molecule has 4 aromatic carbocycles. The molecule has 0 aliphatic carbocycles. The topological polar surface area (TPSA) is 100 Å². The lowest BCUT2D eigenvalue weighted by Gasteiger charge is -2.18. The number of hydrogen-bond donors (Lipinski definition) is 3. The third-order valence-electron chi connectivity index (χ3n) is 6.42. The second-order valence-electron chi connectivity index (χ2n) is 9.67. The van der Waals surface area contributed by atoms with Gasteiger partial charge in [-0.2, -0.15) is 0 Å². The fourth-order valence-electron chi connectivity index (χ4n) is 4.21. The molecule has 1 aromatic heterocycles. The highest BCUT2D eigenvalue weighted by atomic mass is 35.5. The lowest BCUT2D eigenvalue weighted by Crippen LogP contribution is -2.30. The number of carbonyl (C=O) groups excluding carboxylic acids is 3. The minimum atomic E-state index is -0.607. The second-order valence-corrected chi connectivity index (χ2v) is 11.7. The highest BCUT2D eigenvalue weighted by Crippen LogP contribution is 2.37. The number of carbonyl (C=O) groups is 3. The van der Waals surface area contributed by atoms with Crippen LogP contribution in [0, 0.1) is 0 Å². The van der Waals surface area contributed by atoms with Crippen LogP contribution >= 0.6 is 35.0 Å². The largest absolute Gasteiger partial charge is 0.323 e. The fourth-order valence-corrected chi connectivity index (χ4v) is 5.58. The summed E-state index contributed by atoms with van der Waals surface area (Å²) in [5.74, 6) is -1.20. The van der Waals surface area contributed by atoms with Crippen molar-refractivity contribution in [3.63, 3.8) is 0 Å². The van der Waals surface area contributed by atoms with E-state index in [9.17, 15) is 14.4 Å². The van der Waals surface area contributed by atoms with E-state index in [1.54, 1.807) is 91.3 Å². The average molecular weight is 654 g/mol. The number of anilines is 2. The Kier molecular flexibility index (Phi) is 10.7. The summed E-state index contributed by atoms with van der Waals surface area (Å²) in [7, 11) is 0. The first-order valence-electron chi connectivity index (χ1n) is 13.7. The number of rotatable bonds is 10. The number of nitrogens with zero attached hydrogens (tertiary/aromatic N) is 1. The molecule has 0 bridgehead atoms. The number of hydrogen-bond acceptors (Lipinski definition) is 5. The predicted molar refractivity (Wildman–Crippen MR) is 181 cm³/mol. The van der Waals surface area contributed by atoms with Crippen LogP contribution < -0.4 is 16.0 Å². The van der Waals surface area contributed by atoms with Gasteiger partial charge in [-0.1, -0.05) is 77.8 Å². The zero-order valence-corrected chi connectivity index (χ0v) is 25.9. The van der Waals surface area contributed by atoms with Crippen LogP contribution in [0.4, 0.5) is 11.4 Å². The van der Waals surface area contributed by atoms with Gasteiger partial charge in [0.2, 0.25) is 5.91 Å². The molecule has 0 aliphatic heterocycles. The molecule has 7 nitrogen and oxygen atoms in total. The smallest absolute Gasteiger partial charge is 0.272 e. The molecule has 0 saturated heterocycles. The molecular formula is C35H26Cl2N4O3S. The number of aromatic nitrogens is 1. The SMILES string of the molecule is O=C(Nc1ccc(SC(C(=O)Nc2cc(Cl)ccc2Cl)c2ccccc2)cc1)/C(=C/c1cccnc1)NC(=O)c1ccccc1. The van der Waals surface area contributed by atoms with E-state index in [2.05, 4.69) is 20.9 Å². The predicted octanol–water partition coefficient (Wildman–Crippen LogP) is 8.27. The lowest BCUT2D eigenvalue weighted by atomic mass is 10.1. The molecule has 3 amide bonds. The van der Waals surface area contributed by atoms with E-state index < -0.39 is 17.1 Å². The fraction of sp³-hybridized carbons (Fsp3) is 0.0286. The van der Waals surface area contributed by atoms with Crippen molar-refractivity contribution in [2.75, 3.05) is 10.6 Å². The average Bonchev–Trinajstić information content (AvgIpc) is 3.07. The zero-order chi connectivity index (χ0) is 31.6. The first-order valence-corrected chi connectivity index (χ1v) is 15.4. The van der Waals surface area contributed by atoms with Crippen LogP contribution in [-0.2, 0) is 9.59 Å². The van der Waals surface area contributed by atoms with Gasteiger partial charge in [-0.25, -0.2) is 0 Å². The van der Waals surface area contributed by atoms with E-state index in [4.69, 9.17) is 23.2 Å². The molecule has 0 saturated carbocycles. The quantitative estimate of drug-likeness (QED) is 0.104. The Hall–Kier alpha value is -4.89. The number of nitrogens with one attached hydrogen (secondary N) is 3. The first kappa shape index (κ1) is 31.5. The van der Waals surface area contributed by atoms with Gasteiger partial charge in [0.25, 0.3) is 11.8 Å². The Bertz CT molecular complexity index is 1820. The molecule has 0 radical (unpaired) electrons. The van der Waals surface area contributed by atoms with Crippen LogP contribution in [0.3, 0.4) is 0 Å². The third kappa shape index (κ3) is 8.83.